The molecule has 1 saturated carbocycles. The first-order chi connectivity index (χ1) is 8.01. The molecule has 17 heavy (non-hydrogen) atoms. The van der Waals surface area contributed by atoms with Gasteiger partial charge in [-0.15, -0.1) is 0 Å². The van der Waals surface area contributed by atoms with Gasteiger partial charge >= 0.3 is 5.76 Å². The van der Waals surface area contributed by atoms with Crippen molar-refractivity contribution < 1.29 is 4.42 Å². The minimum atomic E-state index is -0.297. The first kappa shape index (κ1) is 10.6. The summed E-state index contributed by atoms with van der Waals surface area (Å²) in [6.45, 7) is 3.94. The van der Waals surface area contributed by atoms with Gasteiger partial charge in [0.05, 0.1) is 5.52 Å². The molecule has 1 aliphatic rings. The third kappa shape index (κ3) is 1.52. The van der Waals surface area contributed by atoms with Gasteiger partial charge in [0.15, 0.2) is 5.58 Å². The molecule has 2 aromatic rings. The van der Waals surface area contributed by atoms with E-state index in [4.69, 9.17) is 10.2 Å². The number of hydrogen-bond acceptors (Lipinski definition) is 3. The molecule has 0 saturated heterocycles. The summed E-state index contributed by atoms with van der Waals surface area (Å²) in [7, 11) is 0. The molecule has 0 amide bonds. The Kier molecular flexibility index (Phi) is 2.01. The van der Waals surface area contributed by atoms with Crippen LogP contribution >= 0.6 is 0 Å². The Labute approximate surface area is 99.0 Å². The van der Waals surface area contributed by atoms with Gasteiger partial charge in [-0.1, -0.05) is 6.07 Å². The monoisotopic (exact) mass is 232 g/mol. The van der Waals surface area contributed by atoms with E-state index in [1.807, 2.05) is 32.0 Å². The van der Waals surface area contributed by atoms with Crippen molar-refractivity contribution in [2.24, 2.45) is 5.73 Å². The van der Waals surface area contributed by atoms with Crippen LogP contribution in [0, 0.1) is 0 Å². The molecule has 0 unspecified atom stereocenters. The van der Waals surface area contributed by atoms with Gasteiger partial charge in [0.1, 0.15) is 0 Å². The SMILES string of the molecule is CC(C)n1c(=O)oc2ccc(C3(N)CC3)cc21. The summed E-state index contributed by atoms with van der Waals surface area (Å²) < 4.78 is 6.89. The zero-order valence-corrected chi connectivity index (χ0v) is 10.1. The fourth-order valence-corrected chi connectivity index (χ4v) is 2.26. The topological polar surface area (TPSA) is 61.2 Å². The summed E-state index contributed by atoms with van der Waals surface area (Å²) in [6, 6.07) is 5.89. The quantitative estimate of drug-likeness (QED) is 0.862. The maximum Gasteiger partial charge on any atom is 0.420 e. The zero-order chi connectivity index (χ0) is 12.2. The van der Waals surface area contributed by atoms with E-state index >= 15 is 0 Å². The molecular weight excluding hydrogens is 216 g/mol. The van der Waals surface area contributed by atoms with Crippen LogP contribution < -0.4 is 11.5 Å². The summed E-state index contributed by atoms with van der Waals surface area (Å²) in [5.41, 5.74) is 8.58. The second-order valence-corrected chi connectivity index (χ2v) is 5.17. The third-order valence-electron chi connectivity index (χ3n) is 3.49. The van der Waals surface area contributed by atoms with Gasteiger partial charge in [-0.25, -0.2) is 4.79 Å². The number of benzene rings is 1. The minimum absolute atomic E-state index is 0.0897. The Morgan fingerprint density at radius 2 is 2.12 bits per heavy atom. The number of aromatic nitrogens is 1. The molecule has 1 fully saturated rings. The maximum absolute atomic E-state index is 11.7. The van der Waals surface area contributed by atoms with Gasteiger partial charge in [-0.05, 0) is 44.4 Å². The van der Waals surface area contributed by atoms with Crippen molar-refractivity contribution in [3.05, 3.63) is 34.3 Å². The highest BCUT2D eigenvalue weighted by atomic mass is 16.4. The fraction of sp³-hybridized carbons (Fsp3) is 0.462. The summed E-state index contributed by atoms with van der Waals surface area (Å²) in [5, 5.41) is 0. The number of rotatable bonds is 2. The largest absolute Gasteiger partial charge is 0.420 e. The smallest absolute Gasteiger partial charge is 0.408 e. The minimum Gasteiger partial charge on any atom is -0.408 e. The number of hydrogen-bond donors (Lipinski definition) is 1. The molecule has 1 heterocycles. The molecule has 0 atom stereocenters. The first-order valence-corrected chi connectivity index (χ1v) is 5.96. The van der Waals surface area contributed by atoms with Crippen LogP contribution in [0.25, 0.3) is 11.1 Å². The van der Waals surface area contributed by atoms with E-state index in [9.17, 15) is 4.79 Å². The first-order valence-electron chi connectivity index (χ1n) is 5.96. The Hall–Kier alpha value is -1.55. The number of fused-ring (bicyclic) bond motifs is 1. The molecule has 2 N–H and O–H groups in total. The van der Waals surface area contributed by atoms with Crippen LogP contribution in [-0.4, -0.2) is 4.57 Å². The Balaban J connectivity index is 2.27. The van der Waals surface area contributed by atoms with Crippen molar-refractivity contribution in [1.82, 2.24) is 4.57 Å². The van der Waals surface area contributed by atoms with E-state index in [0.29, 0.717) is 5.58 Å². The summed E-state index contributed by atoms with van der Waals surface area (Å²) >= 11 is 0. The van der Waals surface area contributed by atoms with Gasteiger partial charge < -0.3 is 10.2 Å². The summed E-state index contributed by atoms with van der Waals surface area (Å²) in [4.78, 5) is 11.7. The highest BCUT2D eigenvalue weighted by molar-refractivity contribution is 5.74. The summed E-state index contributed by atoms with van der Waals surface area (Å²) in [6.07, 6.45) is 2.03. The van der Waals surface area contributed by atoms with Gasteiger partial charge in [0.25, 0.3) is 0 Å². The lowest BCUT2D eigenvalue weighted by Gasteiger charge is -2.10. The summed E-state index contributed by atoms with van der Waals surface area (Å²) in [5.74, 6) is -0.297. The Morgan fingerprint density at radius 3 is 2.71 bits per heavy atom. The van der Waals surface area contributed by atoms with E-state index in [0.717, 1.165) is 23.9 Å². The van der Waals surface area contributed by atoms with Crippen LogP contribution in [0.2, 0.25) is 0 Å². The standard InChI is InChI=1S/C13H16N2O2/c1-8(2)15-10-7-9(13(14)5-6-13)3-4-11(10)17-12(15)16/h3-4,7-8H,5-6,14H2,1-2H3. The normalized spacial score (nSPS) is 17.9. The van der Waals surface area contributed by atoms with Crippen LogP contribution in [0.15, 0.2) is 27.4 Å². The second-order valence-electron chi connectivity index (χ2n) is 5.17. The van der Waals surface area contributed by atoms with Crippen molar-refractivity contribution in [3.63, 3.8) is 0 Å². The van der Waals surface area contributed by atoms with E-state index in [1.54, 1.807) is 4.57 Å². The molecule has 3 rings (SSSR count). The second kappa shape index (κ2) is 3.23. The molecule has 0 aliphatic heterocycles. The molecule has 1 aliphatic carbocycles. The van der Waals surface area contributed by atoms with Gasteiger partial charge in [0.2, 0.25) is 0 Å². The molecular formula is C13H16N2O2. The van der Waals surface area contributed by atoms with Gasteiger partial charge in [0, 0.05) is 11.6 Å². The van der Waals surface area contributed by atoms with Crippen molar-refractivity contribution in [1.29, 1.82) is 0 Å². The number of oxazole rings is 1. The lowest BCUT2D eigenvalue weighted by Crippen LogP contribution is -2.19. The highest BCUT2D eigenvalue weighted by Crippen LogP contribution is 2.43. The predicted octanol–water partition coefficient (Wildman–Crippen LogP) is 2.12. The van der Waals surface area contributed by atoms with E-state index in [-0.39, 0.29) is 17.3 Å². The van der Waals surface area contributed by atoms with E-state index in [2.05, 4.69) is 0 Å². The van der Waals surface area contributed by atoms with Crippen molar-refractivity contribution in [3.8, 4) is 0 Å². The third-order valence-corrected chi connectivity index (χ3v) is 3.49. The molecule has 0 bridgehead atoms. The van der Waals surface area contributed by atoms with E-state index in [1.165, 1.54) is 0 Å². The maximum atomic E-state index is 11.7. The van der Waals surface area contributed by atoms with E-state index < -0.39 is 0 Å². The van der Waals surface area contributed by atoms with Crippen molar-refractivity contribution in [2.75, 3.05) is 0 Å². The van der Waals surface area contributed by atoms with Gasteiger partial charge in [-0.2, -0.15) is 0 Å². The predicted molar refractivity (Wildman–Crippen MR) is 66.0 cm³/mol. The lowest BCUT2D eigenvalue weighted by molar-refractivity contribution is 0.478. The van der Waals surface area contributed by atoms with Crippen LogP contribution in [-0.2, 0) is 5.54 Å². The highest BCUT2D eigenvalue weighted by Gasteiger charge is 2.40. The Bertz CT molecular complexity index is 632. The molecule has 4 nitrogen and oxygen atoms in total. The molecule has 4 heteroatoms. The molecule has 0 spiro atoms. The van der Waals surface area contributed by atoms with Crippen molar-refractivity contribution in [2.45, 2.75) is 38.3 Å². The molecule has 0 radical (unpaired) electrons. The average molecular weight is 232 g/mol. The van der Waals surface area contributed by atoms with Crippen molar-refractivity contribution >= 4 is 11.1 Å². The lowest BCUT2D eigenvalue weighted by atomic mass is 10.1. The molecule has 1 aromatic carbocycles. The van der Waals surface area contributed by atoms with Crippen LogP contribution in [0.3, 0.4) is 0 Å². The van der Waals surface area contributed by atoms with Crippen LogP contribution in [0.5, 0.6) is 0 Å². The van der Waals surface area contributed by atoms with Crippen LogP contribution in [0.1, 0.15) is 38.3 Å². The molecule has 1 aromatic heterocycles. The molecule has 90 valence electrons. The van der Waals surface area contributed by atoms with Gasteiger partial charge in [-0.3, -0.25) is 4.57 Å². The zero-order valence-electron chi connectivity index (χ0n) is 10.1. The fourth-order valence-electron chi connectivity index (χ4n) is 2.26. The van der Waals surface area contributed by atoms with Crippen LogP contribution in [0.4, 0.5) is 0 Å². The Morgan fingerprint density at radius 1 is 1.41 bits per heavy atom. The average Bonchev–Trinajstić information content (AvgIpc) is 2.91. The number of nitrogens with two attached hydrogens (primary N) is 1. The number of nitrogens with zero attached hydrogens (tertiary/aromatic N) is 1.